The fourth-order valence-corrected chi connectivity index (χ4v) is 4.55. The highest BCUT2D eigenvalue weighted by Gasteiger charge is 2.22. The zero-order chi connectivity index (χ0) is 23.6. The van der Waals surface area contributed by atoms with Crippen molar-refractivity contribution in [2.75, 3.05) is 11.9 Å². The molecule has 0 atom stereocenters. The summed E-state index contributed by atoms with van der Waals surface area (Å²) in [7, 11) is 0. The van der Waals surface area contributed by atoms with E-state index in [9.17, 15) is 9.59 Å². The minimum Gasteiger partial charge on any atom is -0.494 e. The van der Waals surface area contributed by atoms with Crippen LogP contribution in [0.2, 0.25) is 0 Å². The molecule has 2 aliphatic carbocycles. The van der Waals surface area contributed by atoms with Gasteiger partial charge in [-0.15, -0.1) is 0 Å². The number of aliphatic carboxylic acids is 1. The minimum atomic E-state index is -0.602. The molecule has 2 saturated carbocycles. The molecule has 33 heavy (non-hydrogen) atoms. The summed E-state index contributed by atoms with van der Waals surface area (Å²) in [6.07, 6.45) is 11.0. The van der Waals surface area contributed by atoms with Crippen molar-refractivity contribution in [3.05, 3.63) is 47.5 Å². The number of amides is 1. The molecule has 0 spiro atoms. The molecule has 2 fully saturated rings. The third-order valence-electron chi connectivity index (χ3n) is 6.68. The molecule has 0 heterocycles. The first-order chi connectivity index (χ1) is 16.0. The monoisotopic (exact) mass is 451 g/mol. The number of ether oxygens (including phenoxy) is 1. The molecule has 5 heteroatoms. The van der Waals surface area contributed by atoms with Gasteiger partial charge < -0.3 is 15.2 Å². The van der Waals surface area contributed by atoms with Gasteiger partial charge in [0, 0.05) is 5.69 Å². The van der Waals surface area contributed by atoms with Crippen LogP contribution in [0.25, 0.3) is 11.1 Å². The van der Waals surface area contributed by atoms with Crippen LogP contribution in [0.15, 0.2) is 36.4 Å². The normalized spacial score (nSPS) is 15.8. The van der Waals surface area contributed by atoms with E-state index in [0.29, 0.717) is 6.61 Å². The quantitative estimate of drug-likeness (QED) is 0.420. The fraction of sp³-hybridized carbons (Fsp3) is 0.500. The molecule has 0 bridgehead atoms. The smallest absolute Gasteiger partial charge is 0.306 e. The number of hydrogen-bond donors (Lipinski definition) is 2. The first-order valence-corrected chi connectivity index (χ1v) is 12.3. The van der Waals surface area contributed by atoms with E-state index in [1.807, 2.05) is 19.1 Å². The summed E-state index contributed by atoms with van der Waals surface area (Å²) in [5.41, 5.74) is 5.78. The average Bonchev–Trinajstić information content (AvgIpc) is 3.65. The van der Waals surface area contributed by atoms with Gasteiger partial charge >= 0.3 is 5.97 Å². The van der Waals surface area contributed by atoms with Crippen LogP contribution in [0, 0.1) is 18.8 Å². The number of carbonyl (C=O) groups is 2. The third-order valence-corrected chi connectivity index (χ3v) is 6.68. The van der Waals surface area contributed by atoms with Gasteiger partial charge in [0.15, 0.2) is 0 Å². The molecule has 2 aliphatic rings. The number of anilines is 1. The molecule has 2 aromatic rings. The molecular weight excluding hydrogens is 414 g/mol. The van der Waals surface area contributed by atoms with E-state index in [1.54, 1.807) is 0 Å². The van der Waals surface area contributed by atoms with Crippen molar-refractivity contribution in [2.45, 2.75) is 71.6 Å². The van der Waals surface area contributed by atoms with Crippen molar-refractivity contribution < 1.29 is 19.4 Å². The van der Waals surface area contributed by atoms with Gasteiger partial charge in [-0.3, -0.25) is 9.59 Å². The molecule has 1 amide bonds. The second-order valence-electron chi connectivity index (χ2n) is 9.15. The Morgan fingerprint density at radius 1 is 1.09 bits per heavy atom. The Bertz CT molecular complexity index is 929. The van der Waals surface area contributed by atoms with Gasteiger partial charge in [0.2, 0.25) is 6.41 Å². The minimum absolute atomic E-state index is 0.0289. The van der Waals surface area contributed by atoms with Gasteiger partial charge in [0.05, 0.1) is 12.5 Å². The number of carboxylic acid groups (broad SMARTS) is 1. The molecule has 2 N–H and O–H groups in total. The summed E-state index contributed by atoms with van der Waals surface area (Å²) < 4.78 is 5.75. The number of hydrogen-bond acceptors (Lipinski definition) is 3. The van der Waals surface area contributed by atoms with Crippen LogP contribution in [-0.2, 0) is 16.0 Å². The van der Waals surface area contributed by atoms with Gasteiger partial charge in [-0.25, -0.2) is 0 Å². The van der Waals surface area contributed by atoms with Crippen molar-refractivity contribution in [1.29, 1.82) is 0 Å². The first kappa shape index (κ1) is 24.8. The van der Waals surface area contributed by atoms with Crippen LogP contribution >= 0.6 is 0 Å². The lowest BCUT2D eigenvalue weighted by Crippen LogP contribution is -2.16. The number of benzene rings is 2. The zero-order valence-electron chi connectivity index (χ0n) is 19.9. The van der Waals surface area contributed by atoms with E-state index in [-0.39, 0.29) is 5.92 Å². The summed E-state index contributed by atoms with van der Waals surface area (Å²) in [4.78, 5) is 21.1. The van der Waals surface area contributed by atoms with Crippen LogP contribution < -0.4 is 10.1 Å². The summed E-state index contributed by atoms with van der Waals surface area (Å²) in [5.74, 6) is 1.20. The topological polar surface area (TPSA) is 75.6 Å². The highest BCUT2D eigenvalue weighted by molar-refractivity contribution is 5.78. The van der Waals surface area contributed by atoms with Crippen molar-refractivity contribution in [3.63, 3.8) is 0 Å². The van der Waals surface area contributed by atoms with Crippen molar-refractivity contribution in [3.8, 4) is 16.9 Å². The summed E-state index contributed by atoms with van der Waals surface area (Å²) in [6.45, 7) is 4.79. The van der Waals surface area contributed by atoms with Crippen molar-refractivity contribution in [1.82, 2.24) is 0 Å². The molecule has 0 radical (unpaired) electrons. The SMILES string of the molecule is CCOc1cccc(-c2ccc(NC=O)cc2CCC2CC2)c1C.O=C(O)C1CCCCC1. The molecule has 0 unspecified atom stereocenters. The number of carboxylic acids is 1. The highest BCUT2D eigenvalue weighted by atomic mass is 16.5. The van der Waals surface area contributed by atoms with Gasteiger partial charge in [-0.2, -0.15) is 0 Å². The van der Waals surface area contributed by atoms with Crippen LogP contribution in [0.1, 0.15) is 69.4 Å². The lowest BCUT2D eigenvalue weighted by molar-refractivity contribution is -0.142. The zero-order valence-corrected chi connectivity index (χ0v) is 19.9. The summed E-state index contributed by atoms with van der Waals surface area (Å²) in [5, 5.41) is 11.3. The maximum Gasteiger partial charge on any atom is 0.306 e. The van der Waals surface area contributed by atoms with E-state index in [2.05, 4.69) is 36.5 Å². The molecule has 5 nitrogen and oxygen atoms in total. The molecule has 0 saturated heterocycles. The van der Waals surface area contributed by atoms with Gasteiger partial charge in [-0.1, -0.05) is 50.3 Å². The van der Waals surface area contributed by atoms with Crippen molar-refractivity contribution in [2.24, 2.45) is 11.8 Å². The Morgan fingerprint density at radius 2 is 1.85 bits per heavy atom. The van der Waals surface area contributed by atoms with Crippen LogP contribution in [0.3, 0.4) is 0 Å². The first-order valence-electron chi connectivity index (χ1n) is 12.3. The molecule has 4 rings (SSSR count). The molecule has 178 valence electrons. The second-order valence-corrected chi connectivity index (χ2v) is 9.15. The van der Waals surface area contributed by atoms with E-state index < -0.39 is 5.97 Å². The van der Waals surface area contributed by atoms with E-state index >= 15 is 0 Å². The highest BCUT2D eigenvalue weighted by Crippen LogP contribution is 2.37. The third kappa shape index (κ3) is 7.34. The molecule has 2 aromatic carbocycles. The average molecular weight is 452 g/mol. The number of rotatable bonds is 9. The maximum atomic E-state index is 10.8. The predicted octanol–water partition coefficient (Wildman–Crippen LogP) is 6.62. The fourth-order valence-electron chi connectivity index (χ4n) is 4.55. The summed E-state index contributed by atoms with van der Waals surface area (Å²) in [6, 6.07) is 12.4. The Hall–Kier alpha value is -2.82. The van der Waals surface area contributed by atoms with Crippen LogP contribution in [0.5, 0.6) is 5.75 Å². The second kappa shape index (κ2) is 12.4. The Kier molecular flexibility index (Phi) is 9.35. The largest absolute Gasteiger partial charge is 0.494 e. The van der Waals surface area contributed by atoms with Gasteiger partial charge in [-0.05, 0) is 85.9 Å². The van der Waals surface area contributed by atoms with E-state index in [1.165, 1.54) is 47.9 Å². The molecule has 0 aromatic heterocycles. The van der Waals surface area contributed by atoms with Gasteiger partial charge in [0.1, 0.15) is 5.75 Å². The van der Waals surface area contributed by atoms with Crippen LogP contribution in [-0.4, -0.2) is 24.1 Å². The van der Waals surface area contributed by atoms with Crippen molar-refractivity contribution >= 4 is 18.1 Å². The standard InChI is InChI=1S/C21H25NO2.C7H12O2/c1-3-24-21-6-4-5-19(15(21)2)20-12-11-18(22-14-23)13-17(20)10-9-16-7-8-16;8-7(9)6-4-2-1-3-5-6/h4-6,11-14,16H,3,7-10H2,1-2H3,(H,22,23);6H,1-5H2,(H,8,9). The number of nitrogens with one attached hydrogen (secondary N) is 1. The lowest BCUT2D eigenvalue weighted by Gasteiger charge is -2.16. The molecular formula is C28H37NO4. The lowest BCUT2D eigenvalue weighted by atomic mass is 9.90. The molecule has 0 aliphatic heterocycles. The number of carbonyl (C=O) groups excluding carboxylic acids is 1. The predicted molar refractivity (Wildman–Crippen MR) is 133 cm³/mol. The van der Waals surface area contributed by atoms with Crippen LogP contribution in [0.4, 0.5) is 5.69 Å². The van der Waals surface area contributed by atoms with Gasteiger partial charge in [0.25, 0.3) is 0 Å². The number of aryl methyl sites for hydroxylation is 1. The van der Waals surface area contributed by atoms with E-state index in [4.69, 9.17) is 9.84 Å². The summed E-state index contributed by atoms with van der Waals surface area (Å²) >= 11 is 0. The Morgan fingerprint density at radius 3 is 2.45 bits per heavy atom. The Labute approximate surface area is 197 Å². The maximum absolute atomic E-state index is 10.8. The Balaban J connectivity index is 0.000000286. The van der Waals surface area contributed by atoms with E-state index in [0.717, 1.165) is 55.9 Å².